The Hall–Kier alpha value is -1.61. The Morgan fingerprint density at radius 3 is 2.75 bits per heavy atom. The Labute approximate surface area is 94.1 Å². The first-order chi connectivity index (χ1) is 7.77. The second-order valence-electron chi connectivity index (χ2n) is 3.70. The van der Waals surface area contributed by atoms with E-state index < -0.39 is 0 Å². The maximum atomic E-state index is 13.4. The molecule has 0 fully saturated rings. The van der Waals surface area contributed by atoms with Crippen LogP contribution in [0.3, 0.4) is 0 Å². The Morgan fingerprint density at radius 2 is 2.06 bits per heavy atom. The third kappa shape index (κ3) is 2.49. The summed E-state index contributed by atoms with van der Waals surface area (Å²) >= 11 is 0. The molecule has 1 N–H and O–H groups in total. The molecule has 0 unspecified atom stereocenters. The number of halogens is 1. The summed E-state index contributed by atoms with van der Waals surface area (Å²) in [5.74, 6) is 0.671. The van der Waals surface area contributed by atoms with Gasteiger partial charge in [0.25, 0.3) is 0 Å². The zero-order valence-corrected chi connectivity index (χ0v) is 9.11. The molecule has 0 saturated carbocycles. The van der Waals surface area contributed by atoms with Crippen LogP contribution in [-0.4, -0.2) is 0 Å². The van der Waals surface area contributed by atoms with Gasteiger partial charge in [-0.1, -0.05) is 18.2 Å². The van der Waals surface area contributed by atoms with Crippen LogP contribution in [0.15, 0.2) is 47.1 Å². The van der Waals surface area contributed by atoms with Gasteiger partial charge in [-0.15, -0.1) is 0 Å². The lowest BCUT2D eigenvalue weighted by atomic mass is 10.1. The summed E-state index contributed by atoms with van der Waals surface area (Å²) in [6, 6.07) is 10.5. The molecule has 2 aromatic rings. The van der Waals surface area contributed by atoms with Gasteiger partial charge < -0.3 is 9.73 Å². The van der Waals surface area contributed by atoms with Gasteiger partial charge in [-0.05, 0) is 25.1 Å². The minimum absolute atomic E-state index is 0.0358. The van der Waals surface area contributed by atoms with Crippen molar-refractivity contribution < 1.29 is 8.81 Å². The molecule has 0 aliphatic carbocycles. The Kier molecular flexibility index (Phi) is 3.37. The standard InChI is InChI=1S/C13H14FNO/c1-10(12-6-2-3-7-13(12)14)15-9-11-5-4-8-16-11/h2-8,10,15H,9H2,1H3/t10-/m1/s1. The van der Waals surface area contributed by atoms with E-state index in [0.717, 1.165) is 5.76 Å². The van der Waals surface area contributed by atoms with Crippen LogP contribution in [0.25, 0.3) is 0 Å². The van der Waals surface area contributed by atoms with E-state index in [1.807, 2.05) is 25.1 Å². The first kappa shape index (κ1) is 10.9. The molecule has 0 bridgehead atoms. The molecule has 0 amide bonds. The Balaban J connectivity index is 1.98. The van der Waals surface area contributed by atoms with Crippen molar-refractivity contribution in [3.63, 3.8) is 0 Å². The van der Waals surface area contributed by atoms with Gasteiger partial charge in [-0.2, -0.15) is 0 Å². The van der Waals surface area contributed by atoms with Crippen LogP contribution in [0.1, 0.15) is 24.3 Å². The molecule has 0 radical (unpaired) electrons. The van der Waals surface area contributed by atoms with Crippen molar-refractivity contribution in [3.8, 4) is 0 Å². The molecule has 3 heteroatoms. The van der Waals surface area contributed by atoms with E-state index in [1.54, 1.807) is 18.4 Å². The van der Waals surface area contributed by atoms with E-state index in [0.29, 0.717) is 12.1 Å². The smallest absolute Gasteiger partial charge is 0.127 e. The van der Waals surface area contributed by atoms with Crippen molar-refractivity contribution in [2.45, 2.75) is 19.5 Å². The highest BCUT2D eigenvalue weighted by Crippen LogP contribution is 2.16. The number of benzene rings is 1. The molecule has 0 saturated heterocycles. The van der Waals surface area contributed by atoms with Gasteiger partial charge in [0.15, 0.2) is 0 Å². The molecule has 1 aromatic heterocycles. The highest BCUT2D eigenvalue weighted by molar-refractivity contribution is 5.20. The van der Waals surface area contributed by atoms with Crippen LogP contribution in [-0.2, 0) is 6.54 Å². The first-order valence-electron chi connectivity index (χ1n) is 5.27. The van der Waals surface area contributed by atoms with Gasteiger partial charge >= 0.3 is 0 Å². The zero-order valence-electron chi connectivity index (χ0n) is 9.11. The summed E-state index contributed by atoms with van der Waals surface area (Å²) in [5, 5.41) is 3.21. The predicted molar refractivity (Wildman–Crippen MR) is 60.4 cm³/mol. The average Bonchev–Trinajstić information content (AvgIpc) is 2.79. The maximum Gasteiger partial charge on any atom is 0.127 e. The highest BCUT2D eigenvalue weighted by Gasteiger charge is 2.09. The summed E-state index contributed by atoms with van der Waals surface area (Å²) in [5.41, 5.74) is 0.675. The average molecular weight is 219 g/mol. The maximum absolute atomic E-state index is 13.4. The molecule has 0 spiro atoms. The van der Waals surface area contributed by atoms with Crippen LogP contribution in [0, 0.1) is 5.82 Å². The van der Waals surface area contributed by atoms with Crippen LogP contribution >= 0.6 is 0 Å². The SMILES string of the molecule is C[C@@H](NCc1ccco1)c1ccccc1F. The lowest BCUT2D eigenvalue weighted by Gasteiger charge is -2.13. The summed E-state index contributed by atoms with van der Waals surface area (Å²) in [6.07, 6.45) is 1.63. The van der Waals surface area contributed by atoms with Gasteiger partial charge in [0.05, 0.1) is 12.8 Å². The number of furan rings is 1. The molecule has 0 aliphatic rings. The fraction of sp³-hybridized carbons (Fsp3) is 0.231. The molecular formula is C13H14FNO. The number of rotatable bonds is 4. The van der Waals surface area contributed by atoms with Crippen molar-refractivity contribution in [3.05, 3.63) is 59.8 Å². The lowest BCUT2D eigenvalue weighted by molar-refractivity contribution is 0.453. The first-order valence-corrected chi connectivity index (χ1v) is 5.27. The van der Waals surface area contributed by atoms with E-state index in [4.69, 9.17) is 4.42 Å². The third-order valence-electron chi connectivity index (χ3n) is 2.53. The van der Waals surface area contributed by atoms with Crippen molar-refractivity contribution in [1.82, 2.24) is 5.32 Å². The van der Waals surface area contributed by atoms with Gasteiger partial charge in [-0.3, -0.25) is 0 Å². The number of nitrogens with one attached hydrogen (secondary N) is 1. The van der Waals surface area contributed by atoms with E-state index in [2.05, 4.69) is 5.32 Å². The second kappa shape index (κ2) is 4.94. The molecule has 1 aromatic carbocycles. The molecular weight excluding hydrogens is 205 g/mol. The molecule has 16 heavy (non-hydrogen) atoms. The van der Waals surface area contributed by atoms with Gasteiger partial charge in [-0.25, -0.2) is 4.39 Å². The number of hydrogen-bond acceptors (Lipinski definition) is 2. The van der Waals surface area contributed by atoms with E-state index in [-0.39, 0.29) is 11.9 Å². The normalized spacial score (nSPS) is 12.6. The Bertz CT molecular complexity index is 439. The second-order valence-corrected chi connectivity index (χ2v) is 3.70. The van der Waals surface area contributed by atoms with Crippen LogP contribution in [0.4, 0.5) is 4.39 Å². The summed E-state index contributed by atoms with van der Waals surface area (Å²) in [7, 11) is 0. The topological polar surface area (TPSA) is 25.2 Å². The fourth-order valence-electron chi connectivity index (χ4n) is 1.60. The van der Waals surface area contributed by atoms with Gasteiger partial charge in [0.1, 0.15) is 11.6 Å². The van der Waals surface area contributed by atoms with Crippen molar-refractivity contribution in [1.29, 1.82) is 0 Å². The molecule has 2 rings (SSSR count). The third-order valence-corrected chi connectivity index (χ3v) is 2.53. The van der Waals surface area contributed by atoms with Gasteiger partial charge in [0.2, 0.25) is 0 Å². The number of hydrogen-bond donors (Lipinski definition) is 1. The van der Waals surface area contributed by atoms with Crippen molar-refractivity contribution >= 4 is 0 Å². The molecule has 2 nitrogen and oxygen atoms in total. The highest BCUT2D eigenvalue weighted by atomic mass is 19.1. The lowest BCUT2D eigenvalue weighted by Crippen LogP contribution is -2.18. The largest absolute Gasteiger partial charge is 0.468 e. The molecule has 1 atom stereocenters. The molecule has 1 heterocycles. The molecule has 0 aliphatic heterocycles. The summed E-state index contributed by atoms with van der Waals surface area (Å²) in [6.45, 7) is 2.53. The molecule has 84 valence electrons. The minimum atomic E-state index is -0.179. The van der Waals surface area contributed by atoms with E-state index in [1.165, 1.54) is 6.07 Å². The quantitative estimate of drug-likeness (QED) is 0.853. The summed E-state index contributed by atoms with van der Waals surface area (Å²) < 4.78 is 18.6. The monoisotopic (exact) mass is 219 g/mol. The Morgan fingerprint density at radius 1 is 1.25 bits per heavy atom. The summed E-state index contributed by atoms with van der Waals surface area (Å²) in [4.78, 5) is 0. The van der Waals surface area contributed by atoms with Crippen LogP contribution < -0.4 is 5.32 Å². The predicted octanol–water partition coefficient (Wildman–Crippen LogP) is 3.27. The van der Waals surface area contributed by atoms with Gasteiger partial charge in [0, 0.05) is 11.6 Å². The van der Waals surface area contributed by atoms with Crippen molar-refractivity contribution in [2.75, 3.05) is 0 Å². The minimum Gasteiger partial charge on any atom is -0.468 e. The zero-order chi connectivity index (χ0) is 11.4. The van der Waals surface area contributed by atoms with E-state index >= 15 is 0 Å². The van der Waals surface area contributed by atoms with E-state index in [9.17, 15) is 4.39 Å². The fourth-order valence-corrected chi connectivity index (χ4v) is 1.60. The van der Waals surface area contributed by atoms with Crippen molar-refractivity contribution in [2.24, 2.45) is 0 Å². The van der Waals surface area contributed by atoms with Crippen LogP contribution in [0.5, 0.6) is 0 Å². The van der Waals surface area contributed by atoms with Crippen LogP contribution in [0.2, 0.25) is 0 Å².